The highest BCUT2D eigenvalue weighted by atomic mass is 35.5. The summed E-state index contributed by atoms with van der Waals surface area (Å²) in [4.78, 5) is 22.9. The van der Waals surface area contributed by atoms with Gasteiger partial charge in [-0.25, -0.2) is 0 Å². The van der Waals surface area contributed by atoms with E-state index < -0.39 is 11.9 Å². The Kier molecular flexibility index (Phi) is 4.26. The van der Waals surface area contributed by atoms with Crippen molar-refractivity contribution >= 4 is 29.2 Å². The summed E-state index contributed by atoms with van der Waals surface area (Å²) in [6.07, 6.45) is 1.49. The van der Waals surface area contributed by atoms with Gasteiger partial charge >= 0.3 is 5.97 Å². The summed E-state index contributed by atoms with van der Waals surface area (Å²) >= 11 is 5.84. The molecule has 1 aromatic heterocycles. The second-order valence-electron chi connectivity index (χ2n) is 4.17. The smallest absolute Gasteiger partial charge is 0.323 e. The lowest BCUT2D eigenvalue weighted by Gasteiger charge is -2.09. The van der Waals surface area contributed by atoms with Crippen molar-refractivity contribution in [2.24, 2.45) is 0 Å². The molecule has 2 aromatic rings. The Labute approximate surface area is 125 Å². The van der Waals surface area contributed by atoms with Crippen LogP contribution in [0, 0.1) is 11.3 Å². The maximum absolute atomic E-state index is 12.2. The minimum atomic E-state index is -1.05. The first-order valence-corrected chi connectivity index (χ1v) is 6.27. The molecular formula is C14H10ClN3O3. The number of aromatic nitrogens is 1. The normalized spacial score (nSPS) is 9.90. The largest absolute Gasteiger partial charge is 0.480 e. The van der Waals surface area contributed by atoms with Gasteiger partial charge in [-0.05, 0) is 30.3 Å². The van der Waals surface area contributed by atoms with Gasteiger partial charge in [0.1, 0.15) is 18.3 Å². The van der Waals surface area contributed by atoms with Gasteiger partial charge in [0.15, 0.2) is 0 Å². The molecule has 6 nitrogen and oxygen atoms in total. The summed E-state index contributed by atoms with van der Waals surface area (Å²) in [7, 11) is 0. The summed E-state index contributed by atoms with van der Waals surface area (Å²) in [5.41, 5.74) is 0.725. The summed E-state index contributed by atoms with van der Waals surface area (Å²) < 4.78 is 1.30. The fourth-order valence-corrected chi connectivity index (χ4v) is 1.98. The first-order chi connectivity index (χ1) is 10.0. The van der Waals surface area contributed by atoms with Crippen LogP contribution in [0.2, 0.25) is 5.02 Å². The van der Waals surface area contributed by atoms with Crippen LogP contribution in [0.1, 0.15) is 16.1 Å². The maximum atomic E-state index is 12.2. The van der Waals surface area contributed by atoms with Gasteiger partial charge in [0.05, 0.1) is 11.3 Å². The number of nitriles is 1. The Morgan fingerprint density at radius 3 is 2.81 bits per heavy atom. The molecule has 1 aromatic carbocycles. The number of carboxylic acids is 1. The van der Waals surface area contributed by atoms with Gasteiger partial charge in [-0.2, -0.15) is 5.26 Å². The maximum Gasteiger partial charge on any atom is 0.323 e. The molecule has 0 unspecified atom stereocenters. The topological polar surface area (TPSA) is 95.1 Å². The number of carbonyl (C=O) groups is 2. The minimum Gasteiger partial charge on any atom is -0.480 e. The minimum absolute atomic E-state index is 0.182. The van der Waals surface area contributed by atoms with Crippen molar-refractivity contribution in [3.63, 3.8) is 0 Å². The second-order valence-corrected chi connectivity index (χ2v) is 4.61. The fourth-order valence-electron chi connectivity index (χ4n) is 1.81. The van der Waals surface area contributed by atoms with E-state index in [1.807, 2.05) is 6.07 Å². The van der Waals surface area contributed by atoms with Crippen molar-refractivity contribution in [1.82, 2.24) is 4.57 Å². The van der Waals surface area contributed by atoms with Gasteiger partial charge in [0, 0.05) is 11.2 Å². The Balaban J connectivity index is 2.27. The van der Waals surface area contributed by atoms with Crippen molar-refractivity contribution in [2.75, 3.05) is 5.32 Å². The highest BCUT2D eigenvalue weighted by Gasteiger charge is 2.14. The van der Waals surface area contributed by atoms with Crippen molar-refractivity contribution < 1.29 is 14.7 Å². The third kappa shape index (κ3) is 3.41. The van der Waals surface area contributed by atoms with E-state index in [0.717, 1.165) is 0 Å². The number of carbonyl (C=O) groups excluding carboxylic acids is 1. The van der Waals surface area contributed by atoms with Crippen LogP contribution in [-0.2, 0) is 11.3 Å². The first kappa shape index (κ1) is 14.6. The van der Waals surface area contributed by atoms with Gasteiger partial charge in [-0.15, -0.1) is 0 Å². The highest BCUT2D eigenvalue weighted by Crippen LogP contribution is 2.21. The molecule has 0 spiro atoms. The zero-order valence-corrected chi connectivity index (χ0v) is 11.5. The van der Waals surface area contributed by atoms with Crippen LogP contribution in [0.25, 0.3) is 0 Å². The van der Waals surface area contributed by atoms with Crippen LogP contribution in [0.4, 0.5) is 5.69 Å². The van der Waals surface area contributed by atoms with Crippen molar-refractivity contribution in [3.8, 4) is 6.07 Å². The standard InChI is InChI=1S/C14H10ClN3O3/c15-10-4-3-9(7-16)11(6-10)17-14(21)12-2-1-5-18(12)8-13(19)20/h1-6H,8H2,(H,17,21)(H,19,20). The summed E-state index contributed by atoms with van der Waals surface area (Å²) in [6, 6.07) is 9.51. The lowest BCUT2D eigenvalue weighted by Crippen LogP contribution is -2.19. The molecule has 0 aliphatic rings. The molecule has 0 radical (unpaired) electrons. The molecule has 0 aliphatic carbocycles. The molecule has 0 atom stereocenters. The van der Waals surface area contributed by atoms with Gasteiger partial charge in [-0.3, -0.25) is 9.59 Å². The number of aliphatic carboxylic acids is 1. The average Bonchev–Trinajstić information content (AvgIpc) is 2.86. The zero-order chi connectivity index (χ0) is 15.4. The lowest BCUT2D eigenvalue weighted by molar-refractivity contribution is -0.137. The van der Waals surface area contributed by atoms with Crippen molar-refractivity contribution in [2.45, 2.75) is 6.54 Å². The van der Waals surface area contributed by atoms with E-state index in [1.165, 1.54) is 29.0 Å². The first-order valence-electron chi connectivity index (χ1n) is 5.89. The van der Waals surface area contributed by atoms with Crippen LogP contribution in [0.5, 0.6) is 0 Å². The van der Waals surface area contributed by atoms with E-state index in [4.69, 9.17) is 22.0 Å². The molecule has 1 heterocycles. The number of anilines is 1. The van der Waals surface area contributed by atoms with E-state index in [1.54, 1.807) is 12.1 Å². The monoisotopic (exact) mass is 303 g/mol. The second kappa shape index (κ2) is 6.11. The molecule has 2 rings (SSSR count). The van der Waals surface area contributed by atoms with E-state index >= 15 is 0 Å². The van der Waals surface area contributed by atoms with Gasteiger partial charge in [-0.1, -0.05) is 11.6 Å². The fraction of sp³-hybridized carbons (Fsp3) is 0.0714. The summed E-state index contributed by atoms with van der Waals surface area (Å²) in [5, 5.41) is 20.7. The Morgan fingerprint density at radius 1 is 1.38 bits per heavy atom. The predicted octanol–water partition coefficient (Wildman–Crippen LogP) is 2.35. The SMILES string of the molecule is N#Cc1ccc(Cl)cc1NC(=O)c1cccn1CC(=O)O. The van der Waals surface area contributed by atoms with Gasteiger partial charge < -0.3 is 15.0 Å². The number of amides is 1. The zero-order valence-electron chi connectivity index (χ0n) is 10.7. The quantitative estimate of drug-likeness (QED) is 0.906. The van der Waals surface area contributed by atoms with E-state index in [2.05, 4.69) is 5.32 Å². The van der Waals surface area contributed by atoms with E-state index in [9.17, 15) is 9.59 Å². The van der Waals surface area contributed by atoms with Crippen LogP contribution in [-0.4, -0.2) is 21.6 Å². The number of carboxylic acid groups (broad SMARTS) is 1. The predicted molar refractivity (Wildman–Crippen MR) is 76.2 cm³/mol. The molecule has 106 valence electrons. The van der Waals surface area contributed by atoms with Crippen LogP contribution in [0.15, 0.2) is 36.5 Å². The molecule has 21 heavy (non-hydrogen) atoms. The molecule has 1 amide bonds. The molecule has 2 N–H and O–H groups in total. The molecular weight excluding hydrogens is 294 g/mol. The Bertz CT molecular complexity index is 746. The lowest BCUT2D eigenvalue weighted by atomic mass is 10.2. The number of halogens is 1. The number of benzene rings is 1. The van der Waals surface area contributed by atoms with E-state index in [0.29, 0.717) is 5.02 Å². The van der Waals surface area contributed by atoms with Crippen LogP contribution < -0.4 is 5.32 Å². The number of nitrogens with zero attached hydrogens (tertiary/aromatic N) is 2. The molecule has 0 aliphatic heterocycles. The van der Waals surface area contributed by atoms with Crippen molar-refractivity contribution in [1.29, 1.82) is 5.26 Å². The molecule has 7 heteroatoms. The Hall–Kier alpha value is -2.78. The van der Waals surface area contributed by atoms with Crippen molar-refractivity contribution in [3.05, 3.63) is 52.8 Å². The van der Waals surface area contributed by atoms with Gasteiger partial charge in [0.25, 0.3) is 5.91 Å². The van der Waals surface area contributed by atoms with E-state index in [-0.39, 0.29) is 23.5 Å². The summed E-state index contributed by atoms with van der Waals surface area (Å²) in [5.74, 6) is -1.57. The molecule has 0 bridgehead atoms. The number of rotatable bonds is 4. The molecule has 0 saturated heterocycles. The summed E-state index contributed by atoms with van der Waals surface area (Å²) in [6.45, 7) is -0.323. The van der Waals surface area contributed by atoms with Crippen LogP contribution in [0.3, 0.4) is 0 Å². The molecule has 0 saturated carbocycles. The molecule has 0 fully saturated rings. The number of hydrogen-bond donors (Lipinski definition) is 2. The van der Waals surface area contributed by atoms with Gasteiger partial charge in [0.2, 0.25) is 0 Å². The number of hydrogen-bond acceptors (Lipinski definition) is 3. The number of nitrogens with one attached hydrogen (secondary N) is 1. The van der Waals surface area contributed by atoms with Crippen LogP contribution >= 0.6 is 11.6 Å². The Morgan fingerprint density at radius 2 is 2.14 bits per heavy atom. The highest BCUT2D eigenvalue weighted by molar-refractivity contribution is 6.31. The third-order valence-corrected chi connectivity index (χ3v) is 2.95. The average molecular weight is 304 g/mol. The third-order valence-electron chi connectivity index (χ3n) is 2.72.